The Morgan fingerprint density at radius 1 is 1.64 bits per heavy atom. The van der Waals surface area contributed by atoms with Gasteiger partial charge >= 0.3 is 6.05 Å². The van der Waals surface area contributed by atoms with Crippen molar-refractivity contribution in [1.29, 1.82) is 0 Å². The Morgan fingerprint density at radius 3 is 2.79 bits per heavy atom. The van der Waals surface area contributed by atoms with Crippen LogP contribution in [0.25, 0.3) is 0 Å². The van der Waals surface area contributed by atoms with E-state index in [-0.39, 0.29) is 17.8 Å². The van der Waals surface area contributed by atoms with Crippen LogP contribution in [0.15, 0.2) is 23.9 Å². The number of allylic oxidation sites excluding steroid dienone is 2. The van der Waals surface area contributed by atoms with Crippen LogP contribution in [-0.2, 0) is 9.63 Å². The first-order valence-electron chi connectivity index (χ1n) is 4.16. The third-order valence-corrected chi connectivity index (χ3v) is 1.85. The quantitative estimate of drug-likeness (QED) is 0.656. The zero-order valence-corrected chi connectivity index (χ0v) is 7.96. The third-order valence-electron chi connectivity index (χ3n) is 1.85. The fourth-order valence-corrected chi connectivity index (χ4v) is 1.06. The molecule has 1 rings (SSSR count). The second-order valence-corrected chi connectivity index (χ2v) is 2.79. The number of hydrogen-bond donors (Lipinski definition) is 0. The summed E-state index contributed by atoms with van der Waals surface area (Å²) >= 11 is 0. The lowest BCUT2D eigenvalue weighted by Crippen LogP contribution is -2.37. The van der Waals surface area contributed by atoms with Gasteiger partial charge in [-0.1, -0.05) is 6.92 Å². The number of alkyl halides is 2. The minimum absolute atomic E-state index is 0.196. The highest BCUT2D eigenvalue weighted by Crippen LogP contribution is 2.27. The maximum Gasteiger partial charge on any atom is 0.367 e. The highest BCUT2D eigenvalue weighted by molar-refractivity contribution is 5.97. The van der Waals surface area contributed by atoms with E-state index < -0.39 is 6.05 Å². The molecule has 0 spiro atoms. The lowest BCUT2D eigenvalue weighted by Gasteiger charge is -2.28. The number of halogens is 2. The van der Waals surface area contributed by atoms with Crippen molar-refractivity contribution in [2.24, 2.45) is 0 Å². The van der Waals surface area contributed by atoms with E-state index in [9.17, 15) is 13.6 Å². The third kappa shape index (κ3) is 1.98. The number of rotatable bonds is 3. The van der Waals surface area contributed by atoms with Crippen LogP contribution in [0, 0.1) is 0 Å². The maximum absolute atomic E-state index is 13.0. The number of carbonyl (C=O) groups excluding carboxylic acids is 1. The normalized spacial score (nSPS) is 19.4. The zero-order valence-electron chi connectivity index (χ0n) is 7.96. The maximum atomic E-state index is 13.0. The summed E-state index contributed by atoms with van der Waals surface area (Å²) in [6, 6.07) is -3.19. The minimum atomic E-state index is -3.19. The smallest absolute Gasteiger partial charge is 0.294 e. The minimum Gasteiger partial charge on any atom is -0.294 e. The van der Waals surface area contributed by atoms with Gasteiger partial charge in [-0.25, -0.2) is 0 Å². The topological polar surface area (TPSA) is 29.5 Å². The van der Waals surface area contributed by atoms with Crippen LogP contribution >= 0.6 is 0 Å². The molecule has 0 N–H and O–H groups in total. The molecule has 14 heavy (non-hydrogen) atoms. The van der Waals surface area contributed by atoms with Gasteiger partial charge < -0.3 is 0 Å². The first-order valence-corrected chi connectivity index (χ1v) is 4.16. The molecule has 0 atom stereocenters. The van der Waals surface area contributed by atoms with Gasteiger partial charge in [0.1, 0.15) is 0 Å². The molecule has 5 heteroatoms. The number of nitrogens with zero attached hydrogens (tertiary/aromatic N) is 1. The van der Waals surface area contributed by atoms with E-state index in [4.69, 9.17) is 0 Å². The van der Waals surface area contributed by atoms with E-state index in [2.05, 4.69) is 4.84 Å². The fourth-order valence-electron chi connectivity index (χ4n) is 1.06. The van der Waals surface area contributed by atoms with Crippen LogP contribution < -0.4 is 0 Å². The summed E-state index contributed by atoms with van der Waals surface area (Å²) in [4.78, 5) is 15.6. The summed E-state index contributed by atoms with van der Waals surface area (Å²) in [6.07, 6.45) is 3.03. The van der Waals surface area contributed by atoms with Crippen molar-refractivity contribution >= 4 is 5.78 Å². The molecule has 3 nitrogen and oxygen atoms in total. The molecular formula is C9H11F2NO2. The monoisotopic (exact) mass is 203 g/mol. The van der Waals surface area contributed by atoms with Gasteiger partial charge in [0.25, 0.3) is 0 Å². The zero-order chi connectivity index (χ0) is 10.8. The average molecular weight is 203 g/mol. The Balaban J connectivity index is 2.90. The second kappa shape index (κ2) is 3.88. The van der Waals surface area contributed by atoms with Crippen molar-refractivity contribution in [2.75, 3.05) is 7.11 Å². The van der Waals surface area contributed by atoms with Gasteiger partial charge in [-0.2, -0.15) is 13.8 Å². The SMILES string of the molecule is CCC(=O)C1=CN(OC)C(F)(F)C=C1. The molecular weight excluding hydrogens is 192 g/mol. The number of ketones is 1. The molecule has 1 aliphatic rings. The molecule has 0 saturated heterocycles. The Morgan fingerprint density at radius 2 is 2.29 bits per heavy atom. The van der Waals surface area contributed by atoms with Gasteiger partial charge in [0, 0.05) is 24.3 Å². The Bertz CT molecular complexity index is 297. The van der Waals surface area contributed by atoms with Crippen molar-refractivity contribution in [3.8, 4) is 0 Å². The van der Waals surface area contributed by atoms with Crippen molar-refractivity contribution < 1.29 is 18.4 Å². The van der Waals surface area contributed by atoms with Crippen LogP contribution in [0.5, 0.6) is 0 Å². The van der Waals surface area contributed by atoms with Crippen LogP contribution in [0.2, 0.25) is 0 Å². The van der Waals surface area contributed by atoms with E-state index in [0.717, 1.165) is 19.4 Å². The first-order chi connectivity index (χ1) is 6.51. The van der Waals surface area contributed by atoms with E-state index in [1.165, 1.54) is 0 Å². The van der Waals surface area contributed by atoms with E-state index in [0.29, 0.717) is 11.1 Å². The summed E-state index contributed by atoms with van der Waals surface area (Å²) in [5.41, 5.74) is 0.222. The van der Waals surface area contributed by atoms with Gasteiger partial charge in [-0.15, -0.1) is 0 Å². The second-order valence-electron chi connectivity index (χ2n) is 2.79. The molecule has 0 amide bonds. The summed E-state index contributed by atoms with van der Waals surface area (Å²) < 4.78 is 25.9. The van der Waals surface area contributed by atoms with E-state index in [1.807, 2.05) is 0 Å². The van der Waals surface area contributed by atoms with E-state index in [1.54, 1.807) is 6.92 Å². The predicted molar refractivity (Wildman–Crippen MR) is 46.3 cm³/mol. The highest BCUT2D eigenvalue weighted by Gasteiger charge is 2.36. The van der Waals surface area contributed by atoms with Gasteiger partial charge in [-0.05, 0) is 6.08 Å². The molecule has 0 aliphatic carbocycles. The lowest BCUT2D eigenvalue weighted by molar-refractivity contribution is -0.250. The fraction of sp³-hybridized carbons (Fsp3) is 0.444. The Kier molecular flexibility index (Phi) is 3.00. The van der Waals surface area contributed by atoms with Gasteiger partial charge in [-0.3, -0.25) is 9.63 Å². The summed E-state index contributed by atoms with van der Waals surface area (Å²) in [5.74, 6) is -0.196. The summed E-state index contributed by atoms with van der Waals surface area (Å²) in [6.45, 7) is 1.67. The molecule has 0 bridgehead atoms. The molecule has 0 aromatic carbocycles. The molecule has 78 valence electrons. The number of carbonyl (C=O) groups is 1. The highest BCUT2D eigenvalue weighted by atomic mass is 19.3. The largest absolute Gasteiger partial charge is 0.367 e. The van der Waals surface area contributed by atoms with Gasteiger partial charge in [0.15, 0.2) is 5.78 Å². The van der Waals surface area contributed by atoms with Crippen molar-refractivity contribution in [3.05, 3.63) is 23.9 Å². The number of Topliss-reactive ketones (excluding diaryl/α,β-unsaturated/α-hetero) is 1. The molecule has 0 unspecified atom stereocenters. The predicted octanol–water partition coefficient (Wildman–Crippen LogP) is 1.88. The van der Waals surface area contributed by atoms with Crippen molar-refractivity contribution in [1.82, 2.24) is 5.06 Å². The van der Waals surface area contributed by atoms with Crippen LogP contribution in [0.3, 0.4) is 0 Å². The first kappa shape index (κ1) is 10.8. The number of hydroxylamine groups is 2. The molecule has 0 fully saturated rings. The molecule has 0 radical (unpaired) electrons. The molecule has 0 aromatic heterocycles. The van der Waals surface area contributed by atoms with Crippen LogP contribution in [0.1, 0.15) is 13.3 Å². The van der Waals surface area contributed by atoms with Gasteiger partial charge in [0.2, 0.25) is 0 Å². The molecule has 1 aliphatic heterocycles. The van der Waals surface area contributed by atoms with Gasteiger partial charge in [0.05, 0.1) is 7.11 Å². The molecule has 1 heterocycles. The standard InChI is InChI=1S/C9H11F2NO2/c1-3-8(13)7-4-5-9(10,11)12(6-7)14-2/h4-6H,3H2,1-2H3. The van der Waals surface area contributed by atoms with Crippen molar-refractivity contribution in [2.45, 2.75) is 19.4 Å². The number of hydrogen-bond acceptors (Lipinski definition) is 3. The summed E-state index contributed by atoms with van der Waals surface area (Å²) in [5, 5.41) is 0.357. The Hall–Kier alpha value is -1.23. The molecule has 0 saturated carbocycles. The van der Waals surface area contributed by atoms with Crippen LogP contribution in [-0.4, -0.2) is 24.0 Å². The van der Waals surface area contributed by atoms with Crippen LogP contribution in [0.4, 0.5) is 8.78 Å². The molecule has 0 aromatic rings. The van der Waals surface area contributed by atoms with E-state index >= 15 is 0 Å². The lowest BCUT2D eigenvalue weighted by atomic mass is 10.1. The Labute approximate surface area is 80.6 Å². The van der Waals surface area contributed by atoms with Crippen molar-refractivity contribution in [3.63, 3.8) is 0 Å². The average Bonchev–Trinajstić information content (AvgIpc) is 2.16. The summed E-state index contributed by atoms with van der Waals surface area (Å²) in [7, 11) is 1.12.